The number of carbonyl (C=O) groups is 1. The molecular formula is C27H22N2O3. The van der Waals surface area contributed by atoms with Gasteiger partial charge in [0, 0.05) is 45.4 Å². The Morgan fingerprint density at radius 3 is 2.62 bits per heavy atom. The van der Waals surface area contributed by atoms with Crippen LogP contribution in [0.1, 0.15) is 29.8 Å². The molecule has 0 unspecified atom stereocenters. The Balaban J connectivity index is 1.83. The average molecular weight is 422 g/mol. The van der Waals surface area contributed by atoms with Crippen molar-refractivity contribution in [3.8, 4) is 5.75 Å². The molecule has 1 aliphatic rings. The van der Waals surface area contributed by atoms with Crippen LogP contribution >= 0.6 is 0 Å². The number of ether oxygens (including phenoxy) is 1. The Labute approximate surface area is 184 Å². The first-order chi connectivity index (χ1) is 15.6. The summed E-state index contributed by atoms with van der Waals surface area (Å²) in [6.45, 7) is 4.51. The predicted molar refractivity (Wildman–Crippen MR) is 129 cm³/mol. The first-order valence-corrected chi connectivity index (χ1v) is 10.9. The quantitative estimate of drug-likeness (QED) is 0.392. The van der Waals surface area contributed by atoms with Crippen LogP contribution in [0.25, 0.3) is 43.4 Å². The maximum atomic E-state index is 13.0. The number of aliphatic hydroxyl groups excluding tert-OH is 1. The molecule has 0 radical (unpaired) electrons. The summed E-state index contributed by atoms with van der Waals surface area (Å²) in [6, 6.07) is 18.3. The van der Waals surface area contributed by atoms with Gasteiger partial charge in [0.2, 0.25) is 0 Å². The lowest BCUT2D eigenvalue weighted by Gasteiger charge is -2.15. The molecule has 6 rings (SSSR count). The number of hydrogen-bond acceptors (Lipinski definition) is 3. The minimum Gasteiger partial charge on any atom is -0.491 e. The largest absolute Gasteiger partial charge is 0.491 e. The number of para-hydroxylation sites is 1. The van der Waals surface area contributed by atoms with Crippen LogP contribution in [0.5, 0.6) is 5.75 Å². The zero-order chi connectivity index (χ0) is 22.0. The molecule has 2 heterocycles. The van der Waals surface area contributed by atoms with Crippen LogP contribution in [0, 0.1) is 0 Å². The molecule has 0 bridgehead atoms. The monoisotopic (exact) mass is 422 g/mol. The lowest BCUT2D eigenvalue weighted by Crippen LogP contribution is -2.05. The maximum Gasteiger partial charge on any atom is 0.278 e. The Kier molecular flexibility index (Phi) is 4.10. The van der Waals surface area contributed by atoms with Crippen LogP contribution in [-0.4, -0.2) is 34.5 Å². The number of fused-ring (bicyclic) bond motifs is 10. The highest BCUT2D eigenvalue weighted by molar-refractivity contribution is 6.36. The van der Waals surface area contributed by atoms with Gasteiger partial charge in [0.1, 0.15) is 5.75 Å². The smallest absolute Gasteiger partial charge is 0.278 e. The van der Waals surface area contributed by atoms with Crippen LogP contribution in [0.2, 0.25) is 0 Å². The third kappa shape index (κ3) is 2.55. The summed E-state index contributed by atoms with van der Waals surface area (Å²) in [6.07, 6.45) is 1.78. The molecule has 0 atom stereocenters. The number of rotatable bonds is 4. The van der Waals surface area contributed by atoms with Crippen molar-refractivity contribution in [2.75, 3.05) is 6.61 Å². The number of hydrogen-bond donors (Lipinski definition) is 1. The summed E-state index contributed by atoms with van der Waals surface area (Å²) in [7, 11) is 0. The van der Waals surface area contributed by atoms with Gasteiger partial charge in [0.15, 0.2) is 0 Å². The second-order valence-electron chi connectivity index (χ2n) is 8.51. The third-order valence-corrected chi connectivity index (χ3v) is 6.23. The van der Waals surface area contributed by atoms with Gasteiger partial charge >= 0.3 is 0 Å². The van der Waals surface area contributed by atoms with Crippen molar-refractivity contribution < 1.29 is 14.6 Å². The van der Waals surface area contributed by atoms with Gasteiger partial charge in [-0.15, -0.1) is 0 Å². The van der Waals surface area contributed by atoms with Crippen molar-refractivity contribution in [1.82, 2.24) is 4.57 Å². The number of carbonyl (C=O) groups excluding carboxylic acids is 1. The summed E-state index contributed by atoms with van der Waals surface area (Å²) >= 11 is 0. The molecular weight excluding hydrogens is 400 g/mol. The standard InChI is InChI=1S/C27H22N2O3/c1-15(2)32-17-8-10-18-16(13-17)7-9-20-23(18)25-21(14-28-27(25)31)24-19-5-3-4-6-22(19)29(11-12-30)26(20)24/h3-10,13-15,30H,11-12H2,1-2H3. The molecule has 0 spiro atoms. The van der Waals surface area contributed by atoms with E-state index >= 15 is 0 Å². The highest BCUT2D eigenvalue weighted by Crippen LogP contribution is 2.43. The number of aromatic nitrogens is 1. The molecule has 0 aliphatic carbocycles. The first kappa shape index (κ1) is 19.0. The highest BCUT2D eigenvalue weighted by Gasteiger charge is 2.27. The summed E-state index contributed by atoms with van der Waals surface area (Å²) in [5, 5.41) is 15.8. The van der Waals surface area contributed by atoms with E-state index in [-0.39, 0.29) is 18.6 Å². The van der Waals surface area contributed by atoms with E-state index in [0.29, 0.717) is 12.1 Å². The molecule has 1 amide bonds. The molecule has 5 nitrogen and oxygen atoms in total. The number of amides is 1. The van der Waals surface area contributed by atoms with Crippen molar-refractivity contribution in [3.05, 3.63) is 65.7 Å². The lowest BCUT2D eigenvalue weighted by molar-refractivity contribution is 0.101. The molecule has 4 aromatic carbocycles. The van der Waals surface area contributed by atoms with Crippen molar-refractivity contribution >= 4 is 55.5 Å². The summed E-state index contributed by atoms with van der Waals surface area (Å²) in [5.74, 6) is 0.599. The average Bonchev–Trinajstić information content (AvgIpc) is 3.32. The van der Waals surface area contributed by atoms with Gasteiger partial charge in [-0.2, -0.15) is 0 Å². The van der Waals surface area contributed by atoms with Gasteiger partial charge < -0.3 is 14.4 Å². The van der Waals surface area contributed by atoms with Gasteiger partial charge in [-0.3, -0.25) is 4.79 Å². The van der Waals surface area contributed by atoms with Gasteiger partial charge in [0.05, 0.1) is 23.8 Å². The second kappa shape index (κ2) is 6.90. The number of aliphatic hydroxyl groups is 1. The molecule has 158 valence electrons. The van der Waals surface area contributed by atoms with Crippen molar-refractivity contribution in [3.63, 3.8) is 0 Å². The Morgan fingerprint density at radius 1 is 1.00 bits per heavy atom. The van der Waals surface area contributed by atoms with Crippen LogP contribution < -0.4 is 4.74 Å². The minimum atomic E-state index is -0.208. The van der Waals surface area contributed by atoms with Gasteiger partial charge in [0.25, 0.3) is 5.91 Å². The summed E-state index contributed by atoms with van der Waals surface area (Å²) < 4.78 is 8.04. The molecule has 32 heavy (non-hydrogen) atoms. The lowest BCUT2D eigenvalue weighted by atomic mass is 9.91. The molecule has 1 aliphatic heterocycles. The van der Waals surface area contributed by atoms with Gasteiger partial charge in [-0.25, -0.2) is 4.99 Å². The van der Waals surface area contributed by atoms with E-state index in [1.807, 2.05) is 44.2 Å². The zero-order valence-corrected chi connectivity index (χ0v) is 17.9. The van der Waals surface area contributed by atoms with E-state index < -0.39 is 0 Å². The van der Waals surface area contributed by atoms with Gasteiger partial charge in [-0.05, 0) is 42.8 Å². The van der Waals surface area contributed by atoms with Crippen LogP contribution in [0.4, 0.5) is 0 Å². The SMILES string of the molecule is CC(C)Oc1ccc2c(ccc3c2c2c(c4c5ccccc5n(CCO)c34)C=NC2=O)c1. The van der Waals surface area contributed by atoms with Crippen molar-refractivity contribution in [2.24, 2.45) is 4.99 Å². The predicted octanol–water partition coefficient (Wildman–Crippen LogP) is 5.45. The molecule has 1 aromatic heterocycles. The summed E-state index contributed by atoms with van der Waals surface area (Å²) in [4.78, 5) is 17.2. The Bertz CT molecular complexity index is 1610. The van der Waals surface area contributed by atoms with E-state index in [4.69, 9.17) is 4.74 Å². The van der Waals surface area contributed by atoms with E-state index in [9.17, 15) is 9.90 Å². The molecule has 0 saturated carbocycles. The third-order valence-electron chi connectivity index (χ3n) is 6.23. The highest BCUT2D eigenvalue weighted by atomic mass is 16.5. The summed E-state index contributed by atoms with van der Waals surface area (Å²) in [5.41, 5.74) is 3.59. The van der Waals surface area contributed by atoms with Crippen molar-refractivity contribution in [2.45, 2.75) is 26.5 Å². The second-order valence-corrected chi connectivity index (χ2v) is 8.51. The molecule has 0 fully saturated rings. The number of aliphatic imine (C=N–C) groups is 1. The zero-order valence-electron chi connectivity index (χ0n) is 17.9. The van der Waals surface area contributed by atoms with E-state index in [0.717, 1.165) is 54.7 Å². The molecule has 1 N–H and O–H groups in total. The Hall–Kier alpha value is -3.70. The first-order valence-electron chi connectivity index (χ1n) is 10.9. The Morgan fingerprint density at radius 2 is 1.81 bits per heavy atom. The maximum absolute atomic E-state index is 13.0. The number of nitrogens with zero attached hydrogens (tertiary/aromatic N) is 2. The normalized spacial score (nSPS) is 13.3. The van der Waals surface area contributed by atoms with E-state index in [1.165, 1.54) is 0 Å². The van der Waals surface area contributed by atoms with E-state index in [2.05, 4.69) is 33.8 Å². The fourth-order valence-electron chi connectivity index (χ4n) is 5.11. The minimum absolute atomic E-state index is 0.0306. The van der Waals surface area contributed by atoms with Crippen molar-refractivity contribution in [1.29, 1.82) is 0 Å². The van der Waals surface area contributed by atoms with Crippen LogP contribution in [-0.2, 0) is 6.54 Å². The van der Waals surface area contributed by atoms with Crippen LogP contribution in [0.15, 0.2) is 59.6 Å². The molecule has 5 aromatic rings. The van der Waals surface area contributed by atoms with Crippen LogP contribution in [0.3, 0.4) is 0 Å². The fourth-order valence-corrected chi connectivity index (χ4v) is 5.11. The van der Waals surface area contributed by atoms with Gasteiger partial charge in [-0.1, -0.05) is 36.4 Å². The molecule has 5 heteroatoms. The topological polar surface area (TPSA) is 63.8 Å². The fraction of sp³-hybridized carbons (Fsp3) is 0.185. The number of benzene rings is 4. The van der Waals surface area contributed by atoms with E-state index in [1.54, 1.807) is 6.21 Å². The molecule has 0 saturated heterocycles.